The minimum Gasteiger partial charge on any atom is -0.454 e. The lowest BCUT2D eigenvalue weighted by molar-refractivity contribution is 0.474. The van der Waals surface area contributed by atoms with Gasteiger partial charge in [-0.25, -0.2) is 0 Å². The van der Waals surface area contributed by atoms with Gasteiger partial charge in [-0.3, -0.25) is 4.98 Å². The number of hydrogen-bond acceptors (Lipinski definition) is 3. The summed E-state index contributed by atoms with van der Waals surface area (Å²) in [6.45, 7) is 2.38. The molecule has 2 rings (SSSR count). The number of pyridine rings is 1. The molecule has 2 aromatic rings. The second-order valence-corrected chi connectivity index (χ2v) is 4.13. The van der Waals surface area contributed by atoms with Crippen molar-refractivity contribution < 1.29 is 4.74 Å². The van der Waals surface area contributed by atoms with Crippen LogP contribution >= 0.6 is 11.6 Å². The Labute approximate surface area is 105 Å². The highest BCUT2D eigenvalue weighted by Crippen LogP contribution is 2.31. The molecule has 0 atom stereocenters. The van der Waals surface area contributed by atoms with Crippen molar-refractivity contribution in [2.24, 2.45) is 5.73 Å². The third-order valence-corrected chi connectivity index (χ3v) is 2.69. The first-order valence-electron chi connectivity index (χ1n) is 5.27. The van der Waals surface area contributed by atoms with E-state index in [1.165, 1.54) is 0 Å². The molecule has 0 amide bonds. The molecule has 0 aliphatic carbocycles. The molecule has 88 valence electrons. The molecule has 4 heteroatoms. The molecule has 0 aliphatic heterocycles. The molecule has 17 heavy (non-hydrogen) atoms. The fourth-order valence-electron chi connectivity index (χ4n) is 1.48. The van der Waals surface area contributed by atoms with Gasteiger partial charge >= 0.3 is 0 Å². The second-order valence-electron chi connectivity index (χ2n) is 3.72. The van der Waals surface area contributed by atoms with Gasteiger partial charge in [0.1, 0.15) is 11.5 Å². The highest BCUT2D eigenvalue weighted by Gasteiger charge is 2.06. The van der Waals surface area contributed by atoms with Crippen LogP contribution in [0.4, 0.5) is 0 Å². The summed E-state index contributed by atoms with van der Waals surface area (Å²) in [5.41, 5.74) is 7.62. The van der Waals surface area contributed by atoms with Gasteiger partial charge in [0.15, 0.2) is 0 Å². The van der Waals surface area contributed by atoms with Crippen LogP contribution in [0.3, 0.4) is 0 Å². The molecule has 1 aromatic heterocycles. The summed E-state index contributed by atoms with van der Waals surface area (Å²) < 4.78 is 5.71. The van der Waals surface area contributed by atoms with Gasteiger partial charge in [0.2, 0.25) is 0 Å². The van der Waals surface area contributed by atoms with Crippen LogP contribution in [0.2, 0.25) is 5.02 Å². The average Bonchev–Trinajstić information content (AvgIpc) is 2.33. The lowest BCUT2D eigenvalue weighted by Gasteiger charge is -2.10. The van der Waals surface area contributed by atoms with Gasteiger partial charge in [-0.15, -0.1) is 0 Å². The summed E-state index contributed by atoms with van der Waals surface area (Å²) in [6.07, 6.45) is 3.32. The Hall–Kier alpha value is -1.58. The Kier molecular flexibility index (Phi) is 3.61. The Morgan fingerprint density at radius 2 is 2.12 bits per heavy atom. The maximum absolute atomic E-state index is 6.10. The molecule has 0 unspecified atom stereocenters. The Morgan fingerprint density at radius 1 is 1.29 bits per heavy atom. The van der Waals surface area contributed by atoms with Gasteiger partial charge in [0.05, 0.1) is 11.2 Å². The molecule has 0 saturated heterocycles. The molecule has 1 aromatic carbocycles. The van der Waals surface area contributed by atoms with Crippen LogP contribution in [0.1, 0.15) is 11.1 Å². The number of hydrogen-bond donors (Lipinski definition) is 1. The first-order chi connectivity index (χ1) is 8.20. The van der Waals surface area contributed by atoms with Crippen molar-refractivity contribution in [2.45, 2.75) is 13.5 Å². The zero-order chi connectivity index (χ0) is 12.3. The van der Waals surface area contributed by atoms with Gasteiger partial charge in [-0.05, 0) is 30.7 Å². The topological polar surface area (TPSA) is 48.1 Å². The Bertz CT molecular complexity index is 529. The van der Waals surface area contributed by atoms with Gasteiger partial charge in [0.25, 0.3) is 0 Å². The van der Waals surface area contributed by atoms with Gasteiger partial charge in [-0.1, -0.05) is 17.7 Å². The number of nitrogens with two attached hydrogens (primary N) is 1. The SMILES string of the molecule is Cc1ccc(Oc2cnccc2CN)c(Cl)c1. The third-order valence-electron chi connectivity index (χ3n) is 2.40. The van der Waals surface area contributed by atoms with Crippen molar-refractivity contribution in [3.8, 4) is 11.5 Å². The quantitative estimate of drug-likeness (QED) is 0.907. The number of nitrogens with zero attached hydrogens (tertiary/aromatic N) is 1. The molecule has 0 fully saturated rings. The number of rotatable bonds is 3. The van der Waals surface area contributed by atoms with E-state index in [1.807, 2.05) is 31.2 Å². The van der Waals surface area contributed by atoms with Crippen LogP contribution in [0.5, 0.6) is 11.5 Å². The number of halogens is 1. The van der Waals surface area contributed by atoms with Crippen LogP contribution in [0.25, 0.3) is 0 Å². The van der Waals surface area contributed by atoms with Crippen molar-refractivity contribution >= 4 is 11.6 Å². The molecule has 0 spiro atoms. The van der Waals surface area contributed by atoms with E-state index in [2.05, 4.69) is 4.98 Å². The lowest BCUT2D eigenvalue weighted by Crippen LogP contribution is -2.00. The van der Waals surface area contributed by atoms with Crippen molar-refractivity contribution in [1.29, 1.82) is 0 Å². The van der Waals surface area contributed by atoms with Gasteiger partial charge in [0, 0.05) is 18.3 Å². The van der Waals surface area contributed by atoms with E-state index >= 15 is 0 Å². The van der Waals surface area contributed by atoms with Crippen LogP contribution < -0.4 is 10.5 Å². The van der Waals surface area contributed by atoms with Crippen molar-refractivity contribution in [3.63, 3.8) is 0 Å². The number of aryl methyl sites for hydroxylation is 1. The summed E-state index contributed by atoms with van der Waals surface area (Å²) >= 11 is 6.10. The number of benzene rings is 1. The van der Waals surface area contributed by atoms with E-state index in [4.69, 9.17) is 22.1 Å². The maximum atomic E-state index is 6.10. The molecular formula is C13H13ClN2O. The van der Waals surface area contributed by atoms with E-state index in [-0.39, 0.29) is 0 Å². The standard InChI is InChI=1S/C13H13ClN2O/c1-9-2-3-12(11(14)6-9)17-13-8-16-5-4-10(13)7-15/h2-6,8H,7,15H2,1H3. The summed E-state index contributed by atoms with van der Waals surface area (Å²) in [4.78, 5) is 4.01. The van der Waals surface area contributed by atoms with Crippen LogP contribution in [0, 0.1) is 6.92 Å². The molecule has 0 saturated carbocycles. The smallest absolute Gasteiger partial charge is 0.150 e. The Balaban J connectivity index is 2.31. The zero-order valence-corrected chi connectivity index (χ0v) is 10.2. The fourth-order valence-corrected chi connectivity index (χ4v) is 1.75. The zero-order valence-electron chi connectivity index (χ0n) is 9.48. The second kappa shape index (κ2) is 5.17. The summed E-state index contributed by atoms with van der Waals surface area (Å²) in [5.74, 6) is 1.25. The predicted octanol–water partition coefficient (Wildman–Crippen LogP) is 3.29. The summed E-state index contributed by atoms with van der Waals surface area (Å²) in [6, 6.07) is 7.47. The molecule has 3 nitrogen and oxygen atoms in total. The van der Waals surface area contributed by atoms with Gasteiger partial charge in [-0.2, -0.15) is 0 Å². The molecule has 0 aliphatic rings. The number of aromatic nitrogens is 1. The largest absolute Gasteiger partial charge is 0.454 e. The van der Waals surface area contributed by atoms with E-state index < -0.39 is 0 Å². The van der Waals surface area contributed by atoms with E-state index in [9.17, 15) is 0 Å². The first-order valence-corrected chi connectivity index (χ1v) is 5.65. The van der Waals surface area contributed by atoms with Crippen LogP contribution in [-0.4, -0.2) is 4.98 Å². The third kappa shape index (κ3) is 2.75. The minimum absolute atomic E-state index is 0.404. The average molecular weight is 249 g/mol. The first kappa shape index (κ1) is 11.9. The highest BCUT2D eigenvalue weighted by atomic mass is 35.5. The van der Waals surface area contributed by atoms with E-state index in [0.29, 0.717) is 23.1 Å². The monoisotopic (exact) mass is 248 g/mol. The molecular weight excluding hydrogens is 236 g/mol. The Morgan fingerprint density at radius 3 is 2.82 bits per heavy atom. The lowest BCUT2D eigenvalue weighted by atomic mass is 10.2. The van der Waals surface area contributed by atoms with Crippen LogP contribution in [-0.2, 0) is 6.54 Å². The van der Waals surface area contributed by atoms with Gasteiger partial charge < -0.3 is 10.5 Å². The van der Waals surface area contributed by atoms with Crippen molar-refractivity contribution in [2.75, 3.05) is 0 Å². The van der Waals surface area contributed by atoms with E-state index in [0.717, 1.165) is 11.1 Å². The normalized spacial score (nSPS) is 10.3. The molecule has 2 N–H and O–H groups in total. The predicted molar refractivity (Wildman–Crippen MR) is 68.4 cm³/mol. The molecule has 0 bridgehead atoms. The number of ether oxygens (including phenoxy) is 1. The highest BCUT2D eigenvalue weighted by molar-refractivity contribution is 6.32. The summed E-state index contributed by atoms with van der Waals surface area (Å²) in [7, 11) is 0. The van der Waals surface area contributed by atoms with Crippen molar-refractivity contribution in [3.05, 3.63) is 52.8 Å². The van der Waals surface area contributed by atoms with E-state index in [1.54, 1.807) is 12.4 Å². The van der Waals surface area contributed by atoms with Crippen LogP contribution in [0.15, 0.2) is 36.7 Å². The van der Waals surface area contributed by atoms with Crippen molar-refractivity contribution in [1.82, 2.24) is 4.98 Å². The fraction of sp³-hybridized carbons (Fsp3) is 0.154. The molecule has 0 radical (unpaired) electrons. The minimum atomic E-state index is 0.404. The maximum Gasteiger partial charge on any atom is 0.150 e. The molecule has 1 heterocycles. The summed E-state index contributed by atoms with van der Waals surface area (Å²) in [5, 5.41) is 0.580.